The zero-order valence-corrected chi connectivity index (χ0v) is 11.2. The molecular weight excluding hydrogens is 198 g/mol. The second-order valence-corrected chi connectivity index (χ2v) is 5.72. The lowest BCUT2D eigenvalue weighted by Gasteiger charge is -2.37. The molecule has 0 atom stereocenters. The maximum atomic E-state index is 8.96. The highest BCUT2D eigenvalue weighted by molar-refractivity contribution is 4.92. The normalized spacial score (nSPS) is 20.0. The Bertz CT molecular complexity index is 244. The van der Waals surface area contributed by atoms with Crippen molar-refractivity contribution < 1.29 is 0 Å². The minimum atomic E-state index is -0.171. The van der Waals surface area contributed by atoms with Gasteiger partial charge in [-0.25, -0.2) is 0 Å². The van der Waals surface area contributed by atoms with Crippen LogP contribution in [0.4, 0.5) is 0 Å². The van der Waals surface area contributed by atoms with Gasteiger partial charge >= 0.3 is 0 Å². The number of nitrogens with zero attached hydrogens (tertiary/aromatic N) is 3. The Kier molecular flexibility index (Phi) is 4.76. The van der Waals surface area contributed by atoms with Crippen LogP contribution >= 0.6 is 0 Å². The smallest absolute Gasteiger partial charge is 0.0684 e. The Morgan fingerprint density at radius 1 is 1.19 bits per heavy atom. The van der Waals surface area contributed by atoms with E-state index in [-0.39, 0.29) is 5.41 Å². The van der Waals surface area contributed by atoms with Crippen molar-refractivity contribution in [2.45, 2.75) is 40.2 Å². The van der Waals surface area contributed by atoms with Crippen molar-refractivity contribution in [2.75, 3.05) is 32.7 Å². The van der Waals surface area contributed by atoms with Crippen LogP contribution < -0.4 is 0 Å². The van der Waals surface area contributed by atoms with Gasteiger partial charge in [0.1, 0.15) is 0 Å². The summed E-state index contributed by atoms with van der Waals surface area (Å²) >= 11 is 0. The van der Waals surface area contributed by atoms with Gasteiger partial charge in [0.2, 0.25) is 0 Å². The topological polar surface area (TPSA) is 30.3 Å². The summed E-state index contributed by atoms with van der Waals surface area (Å²) in [6, 6.07) is 3.04. The van der Waals surface area contributed by atoms with E-state index in [2.05, 4.69) is 29.7 Å². The van der Waals surface area contributed by atoms with Crippen LogP contribution in [-0.4, -0.2) is 48.6 Å². The van der Waals surface area contributed by atoms with E-state index in [9.17, 15) is 0 Å². The monoisotopic (exact) mass is 223 g/mol. The van der Waals surface area contributed by atoms with Gasteiger partial charge in [0, 0.05) is 32.2 Å². The van der Waals surface area contributed by atoms with Crippen LogP contribution in [-0.2, 0) is 0 Å². The molecular formula is C13H25N3. The highest BCUT2D eigenvalue weighted by Gasteiger charge is 2.22. The molecule has 1 heterocycles. The predicted octanol–water partition coefficient (Wildman–Crippen LogP) is 1.95. The molecule has 0 spiro atoms. The molecule has 0 aromatic carbocycles. The Morgan fingerprint density at radius 2 is 1.75 bits per heavy atom. The third-order valence-electron chi connectivity index (χ3n) is 3.49. The van der Waals surface area contributed by atoms with Gasteiger partial charge in [-0.05, 0) is 40.7 Å². The molecule has 16 heavy (non-hydrogen) atoms. The van der Waals surface area contributed by atoms with E-state index < -0.39 is 0 Å². The Labute approximate surface area is 100 Å². The molecule has 1 aliphatic heterocycles. The van der Waals surface area contributed by atoms with Crippen molar-refractivity contribution in [3.8, 4) is 6.07 Å². The average Bonchev–Trinajstić information content (AvgIpc) is 2.27. The van der Waals surface area contributed by atoms with Crippen molar-refractivity contribution >= 4 is 0 Å². The zero-order valence-electron chi connectivity index (χ0n) is 11.2. The van der Waals surface area contributed by atoms with E-state index in [4.69, 9.17) is 5.26 Å². The number of piperazine rings is 1. The summed E-state index contributed by atoms with van der Waals surface area (Å²) in [6.45, 7) is 14.3. The molecule has 1 saturated heterocycles. The number of hydrogen-bond donors (Lipinski definition) is 0. The molecule has 0 aliphatic carbocycles. The third kappa shape index (κ3) is 4.11. The van der Waals surface area contributed by atoms with Gasteiger partial charge in [0.15, 0.2) is 0 Å². The number of rotatable bonds is 4. The summed E-state index contributed by atoms with van der Waals surface area (Å²) in [6.07, 6.45) is 0.977. The van der Waals surface area contributed by atoms with E-state index in [0.717, 1.165) is 26.1 Å². The summed E-state index contributed by atoms with van der Waals surface area (Å²) in [4.78, 5) is 5.00. The Balaban J connectivity index is 2.26. The Hall–Kier alpha value is -0.590. The first-order valence-corrected chi connectivity index (χ1v) is 6.32. The van der Waals surface area contributed by atoms with E-state index in [0.29, 0.717) is 6.04 Å². The van der Waals surface area contributed by atoms with E-state index in [1.165, 1.54) is 13.1 Å². The maximum absolute atomic E-state index is 8.96. The van der Waals surface area contributed by atoms with Gasteiger partial charge in [-0.3, -0.25) is 4.90 Å². The summed E-state index contributed by atoms with van der Waals surface area (Å²) in [5.74, 6) is 0. The van der Waals surface area contributed by atoms with Crippen LogP contribution in [0.2, 0.25) is 0 Å². The minimum absolute atomic E-state index is 0.171. The van der Waals surface area contributed by atoms with Crippen LogP contribution in [0.5, 0.6) is 0 Å². The van der Waals surface area contributed by atoms with E-state index >= 15 is 0 Å². The SMILES string of the molecule is CC(C)N1CCN(CCC(C)(C)C#N)CC1. The molecule has 3 nitrogen and oxygen atoms in total. The Morgan fingerprint density at radius 3 is 2.19 bits per heavy atom. The predicted molar refractivity (Wildman–Crippen MR) is 67.2 cm³/mol. The molecule has 1 fully saturated rings. The molecule has 0 N–H and O–H groups in total. The molecule has 92 valence electrons. The van der Waals surface area contributed by atoms with Gasteiger partial charge in [-0.2, -0.15) is 5.26 Å². The zero-order chi connectivity index (χ0) is 12.2. The molecule has 0 aromatic heterocycles. The molecule has 0 aromatic rings. The van der Waals surface area contributed by atoms with Gasteiger partial charge < -0.3 is 4.90 Å². The second-order valence-electron chi connectivity index (χ2n) is 5.72. The summed E-state index contributed by atoms with van der Waals surface area (Å²) in [5, 5.41) is 8.96. The first kappa shape index (κ1) is 13.5. The van der Waals surface area contributed by atoms with Crippen LogP contribution in [0.15, 0.2) is 0 Å². The van der Waals surface area contributed by atoms with Crippen molar-refractivity contribution in [1.82, 2.24) is 9.80 Å². The summed E-state index contributed by atoms with van der Waals surface area (Å²) in [5.41, 5.74) is -0.171. The number of nitriles is 1. The van der Waals surface area contributed by atoms with Crippen LogP contribution in [0.25, 0.3) is 0 Å². The highest BCUT2D eigenvalue weighted by atomic mass is 15.3. The van der Waals surface area contributed by atoms with E-state index in [1.807, 2.05) is 13.8 Å². The average molecular weight is 223 g/mol. The standard InChI is InChI=1S/C13H25N3/c1-12(2)16-9-7-15(8-10-16)6-5-13(3,4)11-14/h12H,5-10H2,1-4H3. The first-order chi connectivity index (χ1) is 7.44. The maximum Gasteiger partial charge on any atom is 0.0684 e. The molecule has 1 aliphatic rings. The molecule has 0 bridgehead atoms. The van der Waals surface area contributed by atoms with Gasteiger partial charge in [-0.15, -0.1) is 0 Å². The van der Waals surface area contributed by atoms with Crippen molar-refractivity contribution in [1.29, 1.82) is 5.26 Å². The summed E-state index contributed by atoms with van der Waals surface area (Å²) < 4.78 is 0. The largest absolute Gasteiger partial charge is 0.301 e. The fraction of sp³-hybridized carbons (Fsp3) is 0.923. The van der Waals surface area contributed by atoms with Crippen molar-refractivity contribution in [3.05, 3.63) is 0 Å². The fourth-order valence-corrected chi connectivity index (χ4v) is 2.00. The van der Waals surface area contributed by atoms with Crippen LogP contribution in [0.1, 0.15) is 34.1 Å². The molecule has 1 rings (SSSR count). The lowest BCUT2D eigenvalue weighted by molar-refractivity contribution is 0.102. The molecule has 0 saturated carbocycles. The lowest BCUT2D eigenvalue weighted by Crippen LogP contribution is -2.49. The van der Waals surface area contributed by atoms with Crippen molar-refractivity contribution in [2.24, 2.45) is 5.41 Å². The fourth-order valence-electron chi connectivity index (χ4n) is 2.00. The molecule has 0 amide bonds. The number of hydrogen-bond acceptors (Lipinski definition) is 3. The third-order valence-corrected chi connectivity index (χ3v) is 3.49. The highest BCUT2D eigenvalue weighted by Crippen LogP contribution is 2.19. The van der Waals surface area contributed by atoms with Gasteiger partial charge in [-0.1, -0.05) is 0 Å². The second kappa shape index (κ2) is 5.65. The summed E-state index contributed by atoms with van der Waals surface area (Å²) in [7, 11) is 0. The quantitative estimate of drug-likeness (QED) is 0.730. The van der Waals surface area contributed by atoms with Gasteiger partial charge in [0.25, 0.3) is 0 Å². The van der Waals surface area contributed by atoms with E-state index in [1.54, 1.807) is 0 Å². The van der Waals surface area contributed by atoms with Crippen LogP contribution in [0, 0.1) is 16.7 Å². The molecule has 0 radical (unpaired) electrons. The van der Waals surface area contributed by atoms with Gasteiger partial charge in [0.05, 0.1) is 11.5 Å². The molecule has 3 heteroatoms. The van der Waals surface area contributed by atoms with Crippen molar-refractivity contribution in [3.63, 3.8) is 0 Å². The van der Waals surface area contributed by atoms with Crippen LogP contribution in [0.3, 0.4) is 0 Å². The lowest BCUT2D eigenvalue weighted by atomic mass is 9.91. The molecule has 0 unspecified atom stereocenters. The minimum Gasteiger partial charge on any atom is -0.301 e. The first-order valence-electron chi connectivity index (χ1n) is 6.32.